The topological polar surface area (TPSA) is 45.2 Å². The number of nitrogens with one attached hydrogen (secondary N) is 1. The van der Waals surface area contributed by atoms with E-state index in [1.165, 1.54) is 6.42 Å². The van der Waals surface area contributed by atoms with Crippen molar-refractivity contribution in [3.05, 3.63) is 22.3 Å². The molecule has 1 fully saturated rings. The van der Waals surface area contributed by atoms with Crippen molar-refractivity contribution in [1.29, 1.82) is 0 Å². The molecule has 0 radical (unpaired) electrons. The van der Waals surface area contributed by atoms with Crippen LogP contribution in [0.15, 0.2) is 16.7 Å². The second kappa shape index (κ2) is 7.07. The molecule has 2 rings (SSSR count). The molecule has 1 aromatic heterocycles. The maximum Gasteiger partial charge on any atom is 0.257 e. The van der Waals surface area contributed by atoms with Crippen molar-refractivity contribution in [2.75, 3.05) is 25.0 Å². The Morgan fingerprint density at radius 2 is 2.30 bits per heavy atom. The van der Waals surface area contributed by atoms with Crippen LogP contribution in [0.2, 0.25) is 0 Å². The summed E-state index contributed by atoms with van der Waals surface area (Å²) in [4.78, 5) is 19.0. The number of pyridine rings is 1. The molecule has 4 nitrogen and oxygen atoms in total. The number of amides is 1. The summed E-state index contributed by atoms with van der Waals surface area (Å²) >= 11 is 3.40. The van der Waals surface area contributed by atoms with Gasteiger partial charge >= 0.3 is 0 Å². The number of halogens is 1. The van der Waals surface area contributed by atoms with Gasteiger partial charge in [-0.05, 0) is 54.1 Å². The van der Waals surface area contributed by atoms with E-state index in [1.807, 2.05) is 17.9 Å². The van der Waals surface area contributed by atoms with Crippen LogP contribution < -0.4 is 5.32 Å². The van der Waals surface area contributed by atoms with Gasteiger partial charge in [0, 0.05) is 30.3 Å². The molecule has 1 saturated heterocycles. The van der Waals surface area contributed by atoms with Crippen molar-refractivity contribution >= 4 is 27.7 Å². The van der Waals surface area contributed by atoms with Crippen molar-refractivity contribution < 1.29 is 4.79 Å². The fourth-order valence-corrected chi connectivity index (χ4v) is 2.88. The minimum atomic E-state index is 0.0869. The Kier molecular flexibility index (Phi) is 5.40. The Bertz CT molecular complexity index is 478. The molecule has 1 aliphatic heterocycles. The third-order valence-corrected chi connectivity index (χ3v) is 4.17. The van der Waals surface area contributed by atoms with Gasteiger partial charge in [-0.2, -0.15) is 0 Å². The Hall–Kier alpha value is -1.10. The van der Waals surface area contributed by atoms with Gasteiger partial charge in [0.1, 0.15) is 5.82 Å². The standard InChI is InChI=1S/C15H22BrN3O/c1-3-17-14-13(9-12(16)10-18-14)15(20)19-7-4-5-11(2)6-8-19/h9-11H,3-8H2,1-2H3,(H,17,18). The number of hydrogen-bond donors (Lipinski definition) is 1. The molecule has 1 unspecified atom stereocenters. The number of carbonyl (C=O) groups is 1. The van der Waals surface area contributed by atoms with Gasteiger partial charge in [-0.25, -0.2) is 4.98 Å². The number of rotatable bonds is 3. The molecule has 1 N–H and O–H groups in total. The first kappa shape index (κ1) is 15.3. The van der Waals surface area contributed by atoms with Gasteiger partial charge < -0.3 is 10.2 Å². The molecule has 110 valence electrons. The van der Waals surface area contributed by atoms with Crippen LogP contribution in [0, 0.1) is 5.92 Å². The minimum Gasteiger partial charge on any atom is -0.370 e. The van der Waals surface area contributed by atoms with Gasteiger partial charge in [-0.1, -0.05) is 6.92 Å². The average molecular weight is 340 g/mol. The van der Waals surface area contributed by atoms with E-state index in [2.05, 4.69) is 33.2 Å². The first-order chi connectivity index (χ1) is 9.61. The lowest BCUT2D eigenvalue weighted by atomic mass is 10.0. The SMILES string of the molecule is CCNc1ncc(Br)cc1C(=O)N1CCCC(C)CC1. The molecular formula is C15H22BrN3O. The predicted molar refractivity (Wildman–Crippen MR) is 85.0 cm³/mol. The summed E-state index contributed by atoms with van der Waals surface area (Å²) in [6, 6.07) is 1.86. The van der Waals surface area contributed by atoms with Gasteiger partial charge in [-0.15, -0.1) is 0 Å². The van der Waals surface area contributed by atoms with E-state index >= 15 is 0 Å². The lowest BCUT2D eigenvalue weighted by molar-refractivity contribution is 0.0761. The number of hydrogen-bond acceptors (Lipinski definition) is 3. The van der Waals surface area contributed by atoms with E-state index in [1.54, 1.807) is 6.20 Å². The summed E-state index contributed by atoms with van der Waals surface area (Å²) in [5, 5.41) is 3.17. The van der Waals surface area contributed by atoms with Crippen LogP contribution in [0.4, 0.5) is 5.82 Å². The van der Waals surface area contributed by atoms with Crippen molar-refractivity contribution in [2.45, 2.75) is 33.1 Å². The Morgan fingerprint density at radius 3 is 3.05 bits per heavy atom. The molecule has 0 aromatic carbocycles. The van der Waals surface area contributed by atoms with Gasteiger partial charge in [0.25, 0.3) is 5.91 Å². The number of likely N-dealkylation sites (tertiary alicyclic amines) is 1. The van der Waals surface area contributed by atoms with Crippen LogP contribution in [0.3, 0.4) is 0 Å². The predicted octanol–water partition coefficient (Wildman–Crippen LogP) is 3.54. The molecule has 0 saturated carbocycles. The minimum absolute atomic E-state index is 0.0869. The highest BCUT2D eigenvalue weighted by molar-refractivity contribution is 9.10. The van der Waals surface area contributed by atoms with Crippen LogP contribution >= 0.6 is 15.9 Å². The highest BCUT2D eigenvalue weighted by Gasteiger charge is 2.22. The second-order valence-electron chi connectivity index (χ2n) is 5.41. The van der Waals surface area contributed by atoms with Gasteiger partial charge in [-0.3, -0.25) is 4.79 Å². The van der Waals surface area contributed by atoms with Crippen molar-refractivity contribution in [3.8, 4) is 0 Å². The lowest BCUT2D eigenvalue weighted by Gasteiger charge is -2.22. The quantitative estimate of drug-likeness (QED) is 0.915. The fourth-order valence-electron chi connectivity index (χ4n) is 2.55. The zero-order chi connectivity index (χ0) is 14.5. The zero-order valence-corrected chi connectivity index (χ0v) is 13.7. The zero-order valence-electron chi connectivity index (χ0n) is 12.2. The van der Waals surface area contributed by atoms with Gasteiger partial charge in [0.05, 0.1) is 5.56 Å². The van der Waals surface area contributed by atoms with Crippen LogP contribution in [-0.4, -0.2) is 35.4 Å². The highest BCUT2D eigenvalue weighted by Crippen LogP contribution is 2.23. The van der Waals surface area contributed by atoms with E-state index in [4.69, 9.17) is 0 Å². The van der Waals surface area contributed by atoms with Gasteiger partial charge in [0.15, 0.2) is 0 Å². The highest BCUT2D eigenvalue weighted by atomic mass is 79.9. The summed E-state index contributed by atoms with van der Waals surface area (Å²) in [6.45, 7) is 6.72. The van der Waals surface area contributed by atoms with E-state index in [-0.39, 0.29) is 5.91 Å². The number of carbonyl (C=O) groups excluding carboxylic acids is 1. The summed E-state index contributed by atoms with van der Waals surface area (Å²) < 4.78 is 0.839. The summed E-state index contributed by atoms with van der Waals surface area (Å²) in [7, 11) is 0. The first-order valence-corrected chi connectivity index (χ1v) is 8.09. The summed E-state index contributed by atoms with van der Waals surface area (Å²) in [5.41, 5.74) is 0.663. The van der Waals surface area contributed by atoms with E-state index < -0.39 is 0 Å². The van der Waals surface area contributed by atoms with Crippen LogP contribution in [0.25, 0.3) is 0 Å². The van der Waals surface area contributed by atoms with Crippen molar-refractivity contribution in [2.24, 2.45) is 5.92 Å². The smallest absolute Gasteiger partial charge is 0.257 e. The summed E-state index contributed by atoms with van der Waals surface area (Å²) in [5.74, 6) is 1.48. The number of nitrogens with zero attached hydrogens (tertiary/aromatic N) is 2. The maximum absolute atomic E-state index is 12.7. The van der Waals surface area contributed by atoms with Crippen LogP contribution in [0.5, 0.6) is 0 Å². The fraction of sp³-hybridized carbons (Fsp3) is 0.600. The molecule has 0 aliphatic carbocycles. The monoisotopic (exact) mass is 339 g/mol. The molecule has 0 spiro atoms. The maximum atomic E-state index is 12.7. The van der Waals surface area contributed by atoms with Gasteiger partial charge in [0.2, 0.25) is 0 Å². The molecule has 2 heterocycles. The molecule has 20 heavy (non-hydrogen) atoms. The molecule has 1 atom stereocenters. The van der Waals surface area contributed by atoms with E-state index in [0.717, 1.165) is 36.9 Å². The van der Waals surface area contributed by atoms with E-state index in [0.29, 0.717) is 17.3 Å². The second-order valence-corrected chi connectivity index (χ2v) is 6.32. The Balaban J connectivity index is 2.21. The Labute approximate surface area is 129 Å². The number of aromatic nitrogens is 1. The Morgan fingerprint density at radius 1 is 1.50 bits per heavy atom. The first-order valence-electron chi connectivity index (χ1n) is 7.30. The third kappa shape index (κ3) is 3.72. The third-order valence-electron chi connectivity index (χ3n) is 3.73. The lowest BCUT2D eigenvalue weighted by Crippen LogP contribution is -2.32. The van der Waals surface area contributed by atoms with Crippen molar-refractivity contribution in [1.82, 2.24) is 9.88 Å². The number of anilines is 1. The molecule has 1 amide bonds. The normalized spacial score (nSPS) is 19.6. The van der Waals surface area contributed by atoms with Crippen molar-refractivity contribution in [3.63, 3.8) is 0 Å². The molecule has 1 aliphatic rings. The van der Waals surface area contributed by atoms with Crippen LogP contribution in [0.1, 0.15) is 43.5 Å². The molecule has 5 heteroatoms. The molecule has 1 aromatic rings. The molecular weight excluding hydrogens is 318 g/mol. The average Bonchev–Trinajstić information content (AvgIpc) is 2.65. The van der Waals surface area contributed by atoms with E-state index in [9.17, 15) is 4.79 Å². The van der Waals surface area contributed by atoms with Crippen LogP contribution in [-0.2, 0) is 0 Å². The molecule has 0 bridgehead atoms. The largest absolute Gasteiger partial charge is 0.370 e. The summed E-state index contributed by atoms with van der Waals surface area (Å²) in [6.07, 6.45) is 5.11.